The van der Waals surface area contributed by atoms with Gasteiger partial charge in [0.1, 0.15) is 0 Å². The number of carbonyl (C=O) groups excluding carboxylic acids is 1. The highest BCUT2D eigenvalue weighted by Crippen LogP contribution is 2.19. The first-order valence-electron chi connectivity index (χ1n) is 9.57. The third-order valence-electron chi connectivity index (χ3n) is 4.98. The Hall–Kier alpha value is -2.89. The molecule has 3 aromatic rings. The van der Waals surface area contributed by atoms with Crippen LogP contribution in [0.2, 0.25) is 0 Å². The number of H-pyrrole nitrogens is 1. The fourth-order valence-corrected chi connectivity index (χ4v) is 3.30. The summed E-state index contributed by atoms with van der Waals surface area (Å²) in [7, 11) is 0. The number of carbonyl (C=O) groups is 1. The van der Waals surface area contributed by atoms with Crippen LogP contribution in [0.15, 0.2) is 60.8 Å². The van der Waals surface area contributed by atoms with Gasteiger partial charge in [0.15, 0.2) is 0 Å². The van der Waals surface area contributed by atoms with E-state index in [0.29, 0.717) is 6.04 Å². The highest BCUT2D eigenvalue weighted by Gasteiger charge is 2.12. The van der Waals surface area contributed by atoms with Gasteiger partial charge in [-0.3, -0.25) is 14.9 Å². The molecule has 0 aliphatic rings. The van der Waals surface area contributed by atoms with Crippen molar-refractivity contribution in [1.29, 1.82) is 0 Å². The Labute approximate surface area is 165 Å². The van der Waals surface area contributed by atoms with Gasteiger partial charge in [-0.2, -0.15) is 0 Å². The number of aromatic nitrogens is 1. The maximum Gasteiger partial charge on any atom is 0.267 e. The van der Waals surface area contributed by atoms with Crippen LogP contribution in [0.3, 0.4) is 0 Å². The first-order chi connectivity index (χ1) is 13.6. The van der Waals surface area contributed by atoms with E-state index in [0.717, 1.165) is 25.1 Å². The number of hydroxylamine groups is 1. The summed E-state index contributed by atoms with van der Waals surface area (Å²) in [6.07, 6.45) is 6.09. The number of hydrogen-bond acceptors (Lipinski definition) is 3. The summed E-state index contributed by atoms with van der Waals surface area (Å²) in [5.41, 5.74) is 6.28. The number of hydrogen-bond donors (Lipinski definition) is 3. The molecule has 1 heterocycles. The molecule has 5 heteroatoms. The van der Waals surface area contributed by atoms with E-state index in [1.165, 1.54) is 28.1 Å². The quantitative estimate of drug-likeness (QED) is 0.314. The van der Waals surface area contributed by atoms with Crippen LogP contribution < -0.4 is 5.48 Å². The van der Waals surface area contributed by atoms with Crippen LogP contribution in [-0.2, 0) is 17.8 Å². The summed E-state index contributed by atoms with van der Waals surface area (Å²) in [5, 5.41) is 9.83. The van der Waals surface area contributed by atoms with E-state index < -0.39 is 5.91 Å². The lowest BCUT2D eigenvalue weighted by Crippen LogP contribution is -2.32. The minimum absolute atomic E-state index is 0.443. The number of nitrogens with zero attached hydrogens (tertiary/aromatic N) is 1. The van der Waals surface area contributed by atoms with E-state index in [2.05, 4.69) is 66.3 Å². The first kappa shape index (κ1) is 19.9. The smallest absolute Gasteiger partial charge is 0.267 e. The summed E-state index contributed by atoms with van der Waals surface area (Å²) < 4.78 is 0. The predicted molar refractivity (Wildman–Crippen MR) is 113 cm³/mol. The molecule has 3 N–H and O–H groups in total. The molecule has 146 valence electrons. The molecule has 0 atom stereocenters. The molecule has 2 aromatic carbocycles. The summed E-state index contributed by atoms with van der Waals surface area (Å²) in [4.78, 5) is 16.9. The largest absolute Gasteiger partial charge is 0.361 e. The van der Waals surface area contributed by atoms with Gasteiger partial charge in [-0.1, -0.05) is 42.5 Å². The second-order valence-corrected chi connectivity index (χ2v) is 7.22. The minimum atomic E-state index is -0.535. The van der Waals surface area contributed by atoms with Crippen molar-refractivity contribution in [2.24, 2.45) is 0 Å². The predicted octanol–water partition coefficient (Wildman–Crippen LogP) is 4.14. The van der Waals surface area contributed by atoms with E-state index in [-0.39, 0.29) is 0 Å². The lowest BCUT2D eigenvalue weighted by molar-refractivity contribution is -0.124. The lowest BCUT2D eigenvalue weighted by Gasteiger charge is -2.26. The van der Waals surface area contributed by atoms with Gasteiger partial charge < -0.3 is 4.98 Å². The molecule has 0 fully saturated rings. The zero-order valence-electron chi connectivity index (χ0n) is 16.4. The Morgan fingerprint density at radius 3 is 2.64 bits per heavy atom. The Morgan fingerprint density at radius 2 is 1.93 bits per heavy atom. The summed E-state index contributed by atoms with van der Waals surface area (Å²) in [6, 6.07) is 17.0. The van der Waals surface area contributed by atoms with Crippen LogP contribution in [0.4, 0.5) is 0 Å². The SMILES string of the molecule is CC(C)N(CCc1c[nH]c2ccccc12)Cc1ccc(/C=C/C(=O)NO)cc1. The number of amides is 1. The Morgan fingerprint density at radius 1 is 1.18 bits per heavy atom. The Balaban J connectivity index is 1.63. The fraction of sp³-hybridized carbons (Fsp3) is 0.261. The second kappa shape index (κ2) is 9.35. The Bertz CT molecular complexity index is 942. The third-order valence-corrected chi connectivity index (χ3v) is 4.98. The average molecular weight is 377 g/mol. The average Bonchev–Trinajstić information content (AvgIpc) is 3.13. The zero-order valence-corrected chi connectivity index (χ0v) is 16.4. The number of fused-ring (bicyclic) bond motifs is 1. The van der Waals surface area contributed by atoms with Crippen molar-refractivity contribution in [3.63, 3.8) is 0 Å². The molecule has 0 aliphatic heterocycles. The van der Waals surface area contributed by atoms with E-state index in [1.54, 1.807) is 11.6 Å². The van der Waals surface area contributed by atoms with Crippen LogP contribution in [0.25, 0.3) is 17.0 Å². The van der Waals surface area contributed by atoms with E-state index in [1.807, 2.05) is 12.1 Å². The van der Waals surface area contributed by atoms with Gasteiger partial charge >= 0.3 is 0 Å². The molecule has 0 bridgehead atoms. The van der Waals surface area contributed by atoms with E-state index >= 15 is 0 Å². The molecule has 0 radical (unpaired) electrons. The molecule has 3 rings (SSSR count). The van der Waals surface area contributed by atoms with Crippen molar-refractivity contribution >= 4 is 22.9 Å². The van der Waals surface area contributed by atoms with Crippen molar-refractivity contribution in [1.82, 2.24) is 15.4 Å². The van der Waals surface area contributed by atoms with Gasteiger partial charge in [0.25, 0.3) is 5.91 Å². The van der Waals surface area contributed by atoms with Gasteiger partial charge in [0.2, 0.25) is 0 Å². The van der Waals surface area contributed by atoms with Crippen molar-refractivity contribution in [2.45, 2.75) is 32.9 Å². The molecular weight excluding hydrogens is 350 g/mol. The number of benzene rings is 2. The minimum Gasteiger partial charge on any atom is -0.361 e. The van der Waals surface area contributed by atoms with Crippen LogP contribution in [-0.4, -0.2) is 33.6 Å². The standard InChI is InChI=1S/C23H27N3O2/c1-17(2)26(14-13-20-15-24-22-6-4-3-5-21(20)22)16-19-9-7-18(8-10-19)11-12-23(27)25-28/h3-12,15,17,24,28H,13-14,16H2,1-2H3,(H,25,27)/b12-11+. The number of aromatic amines is 1. The van der Waals surface area contributed by atoms with Gasteiger partial charge in [-0.15, -0.1) is 0 Å². The monoisotopic (exact) mass is 377 g/mol. The fourth-order valence-electron chi connectivity index (χ4n) is 3.30. The summed E-state index contributed by atoms with van der Waals surface area (Å²) in [5.74, 6) is -0.535. The van der Waals surface area contributed by atoms with Crippen molar-refractivity contribution in [2.75, 3.05) is 6.54 Å². The molecule has 0 aliphatic carbocycles. The summed E-state index contributed by atoms with van der Waals surface area (Å²) >= 11 is 0. The van der Waals surface area contributed by atoms with Crippen molar-refractivity contribution in [3.8, 4) is 0 Å². The number of nitrogens with one attached hydrogen (secondary N) is 2. The summed E-state index contributed by atoms with van der Waals surface area (Å²) in [6.45, 7) is 6.30. The van der Waals surface area contributed by atoms with Crippen molar-refractivity contribution < 1.29 is 10.0 Å². The highest BCUT2D eigenvalue weighted by atomic mass is 16.5. The molecule has 1 aromatic heterocycles. The van der Waals surface area contributed by atoms with Gasteiger partial charge in [-0.25, -0.2) is 5.48 Å². The van der Waals surface area contributed by atoms with Gasteiger partial charge in [0.05, 0.1) is 0 Å². The van der Waals surface area contributed by atoms with Crippen LogP contribution in [0, 0.1) is 0 Å². The van der Waals surface area contributed by atoms with Crippen LogP contribution >= 0.6 is 0 Å². The molecule has 0 spiro atoms. The molecule has 0 saturated carbocycles. The maximum absolute atomic E-state index is 11.1. The number of para-hydroxylation sites is 1. The Kier molecular flexibility index (Phi) is 6.63. The third kappa shape index (κ3) is 5.09. The second-order valence-electron chi connectivity index (χ2n) is 7.22. The highest BCUT2D eigenvalue weighted by molar-refractivity contribution is 5.90. The zero-order chi connectivity index (χ0) is 19.9. The normalized spacial score (nSPS) is 11.8. The topological polar surface area (TPSA) is 68.4 Å². The maximum atomic E-state index is 11.1. The van der Waals surface area contributed by atoms with Crippen LogP contribution in [0.5, 0.6) is 0 Å². The molecule has 1 amide bonds. The number of rotatable bonds is 8. The van der Waals surface area contributed by atoms with Gasteiger partial charge in [0, 0.05) is 42.3 Å². The molecule has 28 heavy (non-hydrogen) atoms. The molecule has 5 nitrogen and oxygen atoms in total. The van der Waals surface area contributed by atoms with Gasteiger partial charge in [-0.05, 0) is 49.1 Å². The molecule has 0 unspecified atom stereocenters. The van der Waals surface area contributed by atoms with E-state index in [4.69, 9.17) is 5.21 Å². The molecule has 0 saturated heterocycles. The molecular formula is C23H27N3O2. The van der Waals surface area contributed by atoms with Crippen molar-refractivity contribution in [3.05, 3.63) is 77.5 Å². The van der Waals surface area contributed by atoms with Crippen LogP contribution in [0.1, 0.15) is 30.5 Å². The van der Waals surface area contributed by atoms with E-state index in [9.17, 15) is 4.79 Å². The lowest BCUT2D eigenvalue weighted by atomic mass is 10.1. The first-order valence-corrected chi connectivity index (χ1v) is 9.57.